The van der Waals surface area contributed by atoms with Gasteiger partial charge in [-0.15, -0.1) is 0 Å². The molecule has 112 valence electrons. The van der Waals surface area contributed by atoms with E-state index in [1.165, 1.54) is 6.42 Å². The highest BCUT2D eigenvalue weighted by atomic mass is 16.2. The molecule has 0 unspecified atom stereocenters. The third kappa shape index (κ3) is 4.57. The fraction of sp³-hybridized carbons (Fsp3) is 0.529. The Bertz CT molecular complexity index is 495. The second-order valence-corrected chi connectivity index (χ2v) is 5.72. The predicted octanol–water partition coefficient (Wildman–Crippen LogP) is 2.41. The number of benzene rings is 1. The Morgan fingerprint density at radius 2 is 2.14 bits per heavy atom. The lowest BCUT2D eigenvalue weighted by molar-refractivity contribution is -0.135. The summed E-state index contributed by atoms with van der Waals surface area (Å²) in [6.07, 6.45) is 3.38. The van der Waals surface area contributed by atoms with Gasteiger partial charge in [0.05, 0.1) is 19.2 Å². The van der Waals surface area contributed by atoms with E-state index in [0.29, 0.717) is 19.1 Å². The van der Waals surface area contributed by atoms with E-state index < -0.39 is 0 Å². The molecule has 0 aromatic heterocycles. The van der Waals surface area contributed by atoms with Crippen molar-refractivity contribution in [1.29, 1.82) is 5.26 Å². The Hall–Kier alpha value is -1.86. The molecule has 2 rings (SSSR count). The number of rotatable bonds is 5. The minimum atomic E-state index is 0.147. The minimum absolute atomic E-state index is 0.147. The van der Waals surface area contributed by atoms with Crippen molar-refractivity contribution in [3.05, 3.63) is 35.9 Å². The molecule has 4 nitrogen and oxygen atoms in total. The van der Waals surface area contributed by atoms with Crippen molar-refractivity contribution in [2.24, 2.45) is 0 Å². The summed E-state index contributed by atoms with van der Waals surface area (Å²) in [5.74, 6) is 0.147. The number of carbonyl (C=O) groups excluding carboxylic acids is 1. The normalized spacial score (nSPS) is 18.5. The Balaban J connectivity index is 1.95. The van der Waals surface area contributed by atoms with Gasteiger partial charge in [0.1, 0.15) is 0 Å². The van der Waals surface area contributed by atoms with Crippen molar-refractivity contribution in [1.82, 2.24) is 9.80 Å². The van der Waals surface area contributed by atoms with E-state index in [0.717, 1.165) is 24.9 Å². The molecule has 0 saturated carbocycles. The zero-order valence-corrected chi connectivity index (χ0v) is 12.7. The van der Waals surface area contributed by atoms with Gasteiger partial charge in [0.25, 0.3) is 0 Å². The van der Waals surface area contributed by atoms with Gasteiger partial charge in [-0.2, -0.15) is 5.26 Å². The van der Waals surface area contributed by atoms with Crippen molar-refractivity contribution in [2.45, 2.75) is 38.8 Å². The Kier molecular flexibility index (Phi) is 5.77. The third-order valence-electron chi connectivity index (χ3n) is 4.03. The highest BCUT2D eigenvalue weighted by molar-refractivity contribution is 5.78. The molecule has 0 radical (unpaired) electrons. The van der Waals surface area contributed by atoms with Gasteiger partial charge in [-0.3, -0.25) is 9.69 Å². The summed E-state index contributed by atoms with van der Waals surface area (Å²) in [6.45, 7) is 4.21. The zero-order chi connectivity index (χ0) is 15.1. The van der Waals surface area contributed by atoms with E-state index >= 15 is 0 Å². The summed E-state index contributed by atoms with van der Waals surface area (Å²) in [4.78, 5) is 16.3. The molecule has 4 heteroatoms. The van der Waals surface area contributed by atoms with E-state index in [4.69, 9.17) is 5.26 Å². The number of nitriles is 1. The monoisotopic (exact) mass is 285 g/mol. The minimum Gasteiger partial charge on any atom is -0.339 e. The highest BCUT2D eigenvalue weighted by Gasteiger charge is 2.24. The van der Waals surface area contributed by atoms with E-state index in [9.17, 15) is 4.79 Å². The van der Waals surface area contributed by atoms with Crippen LogP contribution in [-0.4, -0.2) is 41.4 Å². The lowest BCUT2D eigenvalue weighted by atomic mass is 10.0. The maximum Gasteiger partial charge on any atom is 0.237 e. The molecular formula is C17H23N3O. The summed E-state index contributed by atoms with van der Waals surface area (Å²) in [5.41, 5.74) is 1.13. The van der Waals surface area contributed by atoms with Gasteiger partial charge in [0.2, 0.25) is 5.91 Å². The van der Waals surface area contributed by atoms with Crippen LogP contribution in [0.15, 0.2) is 30.3 Å². The zero-order valence-electron chi connectivity index (χ0n) is 12.7. The summed E-state index contributed by atoms with van der Waals surface area (Å²) in [7, 11) is 0. The Labute approximate surface area is 127 Å². The molecule has 0 bridgehead atoms. The number of piperidine rings is 1. The van der Waals surface area contributed by atoms with Gasteiger partial charge in [0.15, 0.2) is 0 Å². The quantitative estimate of drug-likeness (QED) is 0.781. The SMILES string of the molecule is C[C@H]1CCCCN1C(=O)CN(CC#N)Cc1ccccc1. The van der Waals surface area contributed by atoms with Crippen LogP contribution in [0.3, 0.4) is 0 Å². The molecule has 1 saturated heterocycles. The maximum absolute atomic E-state index is 12.5. The van der Waals surface area contributed by atoms with Crippen LogP contribution in [0.4, 0.5) is 0 Å². The first-order valence-electron chi connectivity index (χ1n) is 7.63. The van der Waals surface area contributed by atoms with Gasteiger partial charge < -0.3 is 4.90 Å². The van der Waals surface area contributed by atoms with Gasteiger partial charge in [-0.05, 0) is 31.7 Å². The number of likely N-dealkylation sites (tertiary alicyclic amines) is 1. The smallest absolute Gasteiger partial charge is 0.237 e. The van der Waals surface area contributed by atoms with Crippen LogP contribution >= 0.6 is 0 Å². The number of hydrogen-bond acceptors (Lipinski definition) is 3. The molecule has 1 aliphatic heterocycles. The number of hydrogen-bond donors (Lipinski definition) is 0. The standard InChI is InChI=1S/C17H23N3O/c1-15-7-5-6-11-20(15)17(21)14-19(12-10-18)13-16-8-3-2-4-9-16/h2-4,8-9,15H,5-7,11-14H2,1H3/t15-/m0/s1. The van der Waals surface area contributed by atoms with Crippen molar-refractivity contribution < 1.29 is 4.79 Å². The van der Waals surface area contributed by atoms with Crippen molar-refractivity contribution >= 4 is 5.91 Å². The first kappa shape index (κ1) is 15.5. The number of carbonyl (C=O) groups is 1. The lowest BCUT2D eigenvalue weighted by Gasteiger charge is -2.34. The summed E-state index contributed by atoms with van der Waals surface area (Å²) >= 11 is 0. The molecule has 1 amide bonds. The average Bonchev–Trinajstić information content (AvgIpc) is 2.49. The fourth-order valence-corrected chi connectivity index (χ4v) is 2.86. The van der Waals surface area contributed by atoms with Crippen LogP contribution in [0, 0.1) is 11.3 Å². The van der Waals surface area contributed by atoms with Crippen LogP contribution in [-0.2, 0) is 11.3 Å². The summed E-state index contributed by atoms with van der Waals surface area (Å²) in [6, 6.07) is 12.5. The van der Waals surface area contributed by atoms with Gasteiger partial charge in [0, 0.05) is 19.1 Å². The number of amides is 1. The molecule has 0 spiro atoms. The van der Waals surface area contributed by atoms with Crippen LogP contribution in [0.5, 0.6) is 0 Å². The molecule has 0 N–H and O–H groups in total. The predicted molar refractivity (Wildman–Crippen MR) is 82.4 cm³/mol. The van der Waals surface area contributed by atoms with Crippen LogP contribution in [0.1, 0.15) is 31.7 Å². The molecule has 0 aliphatic carbocycles. The Morgan fingerprint density at radius 1 is 1.38 bits per heavy atom. The van der Waals surface area contributed by atoms with Gasteiger partial charge in [-0.1, -0.05) is 30.3 Å². The van der Waals surface area contributed by atoms with E-state index in [1.807, 2.05) is 40.1 Å². The van der Waals surface area contributed by atoms with Crippen LogP contribution < -0.4 is 0 Å². The highest BCUT2D eigenvalue weighted by Crippen LogP contribution is 2.17. The Morgan fingerprint density at radius 3 is 2.81 bits per heavy atom. The maximum atomic E-state index is 12.5. The van der Waals surface area contributed by atoms with Gasteiger partial charge in [-0.25, -0.2) is 0 Å². The largest absolute Gasteiger partial charge is 0.339 e. The van der Waals surface area contributed by atoms with Crippen LogP contribution in [0.2, 0.25) is 0 Å². The molecule has 1 atom stereocenters. The molecule has 1 fully saturated rings. The number of nitrogens with zero attached hydrogens (tertiary/aromatic N) is 3. The van der Waals surface area contributed by atoms with E-state index in [-0.39, 0.29) is 12.5 Å². The fourth-order valence-electron chi connectivity index (χ4n) is 2.86. The first-order chi connectivity index (χ1) is 10.2. The lowest BCUT2D eigenvalue weighted by Crippen LogP contribution is -2.46. The molecule has 1 heterocycles. The third-order valence-corrected chi connectivity index (χ3v) is 4.03. The molecule has 1 aromatic carbocycles. The molecule has 1 aromatic rings. The summed E-state index contributed by atoms with van der Waals surface area (Å²) < 4.78 is 0. The second-order valence-electron chi connectivity index (χ2n) is 5.72. The van der Waals surface area contributed by atoms with E-state index in [1.54, 1.807) is 0 Å². The van der Waals surface area contributed by atoms with Crippen molar-refractivity contribution in [3.8, 4) is 6.07 Å². The molecular weight excluding hydrogens is 262 g/mol. The van der Waals surface area contributed by atoms with E-state index in [2.05, 4.69) is 13.0 Å². The van der Waals surface area contributed by atoms with Crippen molar-refractivity contribution in [3.63, 3.8) is 0 Å². The molecule has 1 aliphatic rings. The first-order valence-corrected chi connectivity index (χ1v) is 7.63. The molecule has 21 heavy (non-hydrogen) atoms. The second kappa shape index (κ2) is 7.80. The average molecular weight is 285 g/mol. The van der Waals surface area contributed by atoms with Crippen LogP contribution in [0.25, 0.3) is 0 Å². The summed E-state index contributed by atoms with van der Waals surface area (Å²) in [5, 5.41) is 8.97. The van der Waals surface area contributed by atoms with Gasteiger partial charge >= 0.3 is 0 Å². The topological polar surface area (TPSA) is 47.3 Å². The van der Waals surface area contributed by atoms with Crippen molar-refractivity contribution in [2.75, 3.05) is 19.6 Å².